The molecule has 0 aromatic heterocycles. The van der Waals surface area contributed by atoms with Crippen molar-refractivity contribution in [2.24, 2.45) is 0 Å². The predicted molar refractivity (Wildman–Crippen MR) is 87.2 cm³/mol. The Hall–Kier alpha value is -1.72. The number of nitro benzene ring substituents is 1. The molecule has 0 aliphatic rings. The van der Waals surface area contributed by atoms with Crippen molar-refractivity contribution in [2.75, 3.05) is 0 Å². The molecule has 1 unspecified atom stereocenters. The number of hydrogen-bond donors (Lipinski definition) is 1. The van der Waals surface area contributed by atoms with Gasteiger partial charge in [0.15, 0.2) is 0 Å². The van der Waals surface area contributed by atoms with E-state index < -0.39 is 0 Å². The lowest BCUT2D eigenvalue weighted by molar-refractivity contribution is -0.384. The Morgan fingerprint density at radius 2 is 1.81 bits per heavy atom. The number of benzene rings is 2. The van der Waals surface area contributed by atoms with Gasteiger partial charge in [0.05, 0.1) is 4.92 Å². The minimum Gasteiger partial charge on any atom is -0.304 e. The number of nitrogens with one attached hydrogen (secondary N) is 1. The zero-order chi connectivity index (χ0) is 15.4. The van der Waals surface area contributed by atoms with Crippen molar-refractivity contribution < 1.29 is 4.92 Å². The van der Waals surface area contributed by atoms with E-state index >= 15 is 0 Å². The Bertz CT molecular complexity index is 646. The van der Waals surface area contributed by atoms with Crippen LogP contribution in [0.5, 0.6) is 0 Å². The molecular formula is C16H17BrN2O2. The normalized spacial score (nSPS) is 13.7. The lowest BCUT2D eigenvalue weighted by Crippen LogP contribution is -2.22. The molecule has 0 saturated carbocycles. The van der Waals surface area contributed by atoms with E-state index in [1.165, 1.54) is 6.07 Å². The molecule has 21 heavy (non-hydrogen) atoms. The maximum atomic E-state index is 10.8. The average Bonchev–Trinajstić information content (AvgIpc) is 2.47. The van der Waals surface area contributed by atoms with Crippen LogP contribution in [0.25, 0.3) is 0 Å². The van der Waals surface area contributed by atoms with E-state index in [9.17, 15) is 10.1 Å². The highest BCUT2D eigenvalue weighted by atomic mass is 79.9. The van der Waals surface area contributed by atoms with E-state index in [-0.39, 0.29) is 22.7 Å². The van der Waals surface area contributed by atoms with Crippen LogP contribution in [-0.2, 0) is 0 Å². The minimum absolute atomic E-state index is 0.0204. The summed E-state index contributed by atoms with van der Waals surface area (Å²) in [5.74, 6) is 0. The fourth-order valence-electron chi connectivity index (χ4n) is 2.29. The molecule has 0 spiro atoms. The van der Waals surface area contributed by atoms with Crippen molar-refractivity contribution >= 4 is 21.6 Å². The van der Waals surface area contributed by atoms with Crippen molar-refractivity contribution in [3.63, 3.8) is 0 Å². The average molecular weight is 349 g/mol. The summed E-state index contributed by atoms with van der Waals surface area (Å²) in [5.41, 5.74) is 2.19. The molecule has 4 nitrogen and oxygen atoms in total. The van der Waals surface area contributed by atoms with Gasteiger partial charge in [0.25, 0.3) is 5.69 Å². The highest BCUT2D eigenvalue weighted by Gasteiger charge is 2.15. The van der Waals surface area contributed by atoms with Crippen LogP contribution in [0.15, 0.2) is 53.0 Å². The smallest absolute Gasteiger partial charge is 0.269 e. The van der Waals surface area contributed by atoms with Crippen molar-refractivity contribution in [1.82, 2.24) is 5.32 Å². The number of nitro groups is 1. The van der Waals surface area contributed by atoms with Crippen LogP contribution in [0.3, 0.4) is 0 Å². The summed E-state index contributed by atoms with van der Waals surface area (Å²) in [7, 11) is 0. The van der Waals surface area contributed by atoms with Crippen LogP contribution in [-0.4, -0.2) is 4.92 Å². The Labute approximate surface area is 132 Å². The Morgan fingerprint density at radius 3 is 2.48 bits per heavy atom. The third-order valence-electron chi connectivity index (χ3n) is 3.45. The van der Waals surface area contributed by atoms with E-state index in [0.717, 1.165) is 15.6 Å². The van der Waals surface area contributed by atoms with Gasteiger partial charge in [0.1, 0.15) is 0 Å². The van der Waals surface area contributed by atoms with E-state index in [1.807, 2.05) is 31.2 Å². The van der Waals surface area contributed by atoms with Crippen LogP contribution in [0.2, 0.25) is 0 Å². The zero-order valence-corrected chi connectivity index (χ0v) is 13.5. The van der Waals surface area contributed by atoms with Gasteiger partial charge >= 0.3 is 0 Å². The monoisotopic (exact) mass is 348 g/mol. The molecule has 0 bridgehead atoms. The van der Waals surface area contributed by atoms with Crippen molar-refractivity contribution in [2.45, 2.75) is 25.9 Å². The third-order valence-corrected chi connectivity index (χ3v) is 4.17. The minimum atomic E-state index is -0.368. The topological polar surface area (TPSA) is 55.2 Å². The van der Waals surface area contributed by atoms with Crippen LogP contribution >= 0.6 is 15.9 Å². The van der Waals surface area contributed by atoms with Gasteiger partial charge in [-0.05, 0) is 31.0 Å². The third kappa shape index (κ3) is 3.89. The number of rotatable bonds is 5. The summed E-state index contributed by atoms with van der Waals surface area (Å²) < 4.78 is 1.05. The van der Waals surface area contributed by atoms with Gasteiger partial charge in [-0.3, -0.25) is 10.1 Å². The number of hydrogen-bond acceptors (Lipinski definition) is 3. The van der Waals surface area contributed by atoms with Gasteiger partial charge in [-0.25, -0.2) is 0 Å². The van der Waals surface area contributed by atoms with Gasteiger partial charge in [0, 0.05) is 28.7 Å². The first kappa shape index (κ1) is 15.7. The van der Waals surface area contributed by atoms with Crippen LogP contribution in [0.1, 0.15) is 37.1 Å². The summed E-state index contributed by atoms with van der Waals surface area (Å²) in [5, 5.41) is 14.3. The zero-order valence-electron chi connectivity index (χ0n) is 11.9. The first-order valence-electron chi connectivity index (χ1n) is 6.74. The molecule has 0 amide bonds. The molecule has 0 heterocycles. The maximum absolute atomic E-state index is 10.8. The van der Waals surface area contributed by atoms with Crippen LogP contribution < -0.4 is 5.32 Å². The molecule has 0 saturated heterocycles. The molecule has 2 aromatic rings. The SMILES string of the molecule is CC(N[C@H](C)c1ccccc1Br)c1cccc([N+](=O)[O-])c1. The van der Waals surface area contributed by atoms with Gasteiger partial charge in [-0.2, -0.15) is 0 Å². The second-order valence-corrected chi connectivity index (χ2v) is 5.84. The molecule has 2 aromatic carbocycles. The van der Waals surface area contributed by atoms with Gasteiger partial charge in [-0.1, -0.05) is 46.3 Å². The Morgan fingerprint density at radius 1 is 1.10 bits per heavy atom. The number of halogens is 1. The molecule has 0 aliphatic carbocycles. The van der Waals surface area contributed by atoms with E-state index in [0.29, 0.717) is 0 Å². The summed E-state index contributed by atoms with van der Waals surface area (Å²) in [4.78, 5) is 10.5. The second kappa shape index (κ2) is 6.83. The van der Waals surface area contributed by atoms with Crippen LogP contribution in [0.4, 0.5) is 5.69 Å². The van der Waals surface area contributed by atoms with Crippen molar-refractivity contribution in [3.8, 4) is 0 Å². The van der Waals surface area contributed by atoms with E-state index in [2.05, 4.69) is 34.2 Å². The number of nitrogens with zero attached hydrogens (tertiary/aromatic N) is 1. The fraction of sp³-hybridized carbons (Fsp3) is 0.250. The lowest BCUT2D eigenvalue weighted by Gasteiger charge is -2.21. The van der Waals surface area contributed by atoms with Crippen LogP contribution in [0, 0.1) is 10.1 Å². The summed E-state index contributed by atoms with van der Waals surface area (Å²) in [6, 6.07) is 14.9. The molecule has 0 fully saturated rings. The molecule has 110 valence electrons. The van der Waals surface area contributed by atoms with Crippen molar-refractivity contribution in [1.29, 1.82) is 0 Å². The molecule has 1 N–H and O–H groups in total. The maximum Gasteiger partial charge on any atom is 0.269 e. The predicted octanol–water partition coefficient (Wildman–Crippen LogP) is 4.77. The molecular weight excluding hydrogens is 332 g/mol. The highest BCUT2D eigenvalue weighted by Crippen LogP contribution is 2.26. The lowest BCUT2D eigenvalue weighted by atomic mass is 10.0. The quantitative estimate of drug-likeness (QED) is 0.625. The second-order valence-electron chi connectivity index (χ2n) is 4.98. The first-order valence-corrected chi connectivity index (χ1v) is 7.53. The Balaban J connectivity index is 2.14. The molecule has 2 atom stereocenters. The van der Waals surface area contributed by atoms with E-state index in [1.54, 1.807) is 12.1 Å². The standard InChI is InChI=1S/C16H17BrN2O2/c1-11(13-6-5-7-14(10-13)19(20)21)18-12(2)15-8-3-4-9-16(15)17/h3-12,18H,1-2H3/t11?,12-/m1/s1. The first-order chi connectivity index (χ1) is 9.99. The summed E-state index contributed by atoms with van der Waals surface area (Å²) >= 11 is 3.54. The molecule has 5 heteroatoms. The summed E-state index contributed by atoms with van der Waals surface area (Å²) in [6.45, 7) is 4.08. The highest BCUT2D eigenvalue weighted by molar-refractivity contribution is 9.10. The summed E-state index contributed by atoms with van der Waals surface area (Å²) in [6.07, 6.45) is 0. The van der Waals surface area contributed by atoms with E-state index in [4.69, 9.17) is 0 Å². The molecule has 2 rings (SSSR count). The molecule has 0 aliphatic heterocycles. The molecule has 0 radical (unpaired) electrons. The van der Waals surface area contributed by atoms with Crippen molar-refractivity contribution in [3.05, 3.63) is 74.2 Å². The number of non-ortho nitro benzene ring substituents is 1. The van der Waals surface area contributed by atoms with Gasteiger partial charge in [0.2, 0.25) is 0 Å². The van der Waals surface area contributed by atoms with Gasteiger partial charge in [-0.15, -0.1) is 0 Å². The Kier molecular flexibility index (Phi) is 5.09. The fourth-order valence-corrected chi connectivity index (χ4v) is 2.92. The largest absolute Gasteiger partial charge is 0.304 e. The van der Waals surface area contributed by atoms with Gasteiger partial charge < -0.3 is 5.32 Å².